The zero-order valence-electron chi connectivity index (χ0n) is 12.4. The Balaban J connectivity index is 1.95. The van der Waals surface area contributed by atoms with E-state index in [0.717, 1.165) is 23.2 Å². The highest BCUT2D eigenvalue weighted by Gasteiger charge is 2.10. The van der Waals surface area contributed by atoms with Gasteiger partial charge in [-0.25, -0.2) is 9.89 Å². The van der Waals surface area contributed by atoms with E-state index in [2.05, 4.69) is 56.3 Å². The maximum atomic E-state index is 11.1. The molecule has 0 spiro atoms. The van der Waals surface area contributed by atoms with Crippen molar-refractivity contribution in [3.8, 4) is 0 Å². The summed E-state index contributed by atoms with van der Waals surface area (Å²) in [5.41, 5.74) is 5.57. The number of H-pyrrole nitrogens is 1. The first-order chi connectivity index (χ1) is 10.7. The average molecular weight is 296 g/mol. The Kier molecular flexibility index (Phi) is 3.69. The Labute approximate surface area is 126 Å². The van der Waals surface area contributed by atoms with Gasteiger partial charge in [0.25, 0.3) is 0 Å². The standard InChI is InChI=1S/C15H16N6O/c1-3-21-10(2)12(11-6-4-5-7-13(11)21)8-16-19-14-9-17-20-15(22)18-14/h4-9H,3H2,1-2H3,(H2,18,19,20,22)/b16-8+. The van der Waals surface area contributed by atoms with Gasteiger partial charge in [0, 0.05) is 28.7 Å². The van der Waals surface area contributed by atoms with E-state index >= 15 is 0 Å². The predicted molar refractivity (Wildman–Crippen MR) is 86.2 cm³/mol. The van der Waals surface area contributed by atoms with Gasteiger partial charge in [0.15, 0.2) is 5.82 Å². The normalized spacial score (nSPS) is 11.4. The fraction of sp³-hybridized carbons (Fsp3) is 0.200. The Morgan fingerprint density at radius 2 is 2.23 bits per heavy atom. The van der Waals surface area contributed by atoms with Gasteiger partial charge in [-0.3, -0.25) is 5.43 Å². The van der Waals surface area contributed by atoms with E-state index in [1.54, 1.807) is 6.21 Å². The van der Waals surface area contributed by atoms with Crippen molar-refractivity contribution in [3.05, 3.63) is 52.2 Å². The van der Waals surface area contributed by atoms with E-state index in [9.17, 15) is 4.79 Å². The van der Waals surface area contributed by atoms with Crippen molar-refractivity contribution < 1.29 is 0 Å². The highest BCUT2D eigenvalue weighted by atomic mass is 16.1. The van der Waals surface area contributed by atoms with E-state index < -0.39 is 5.69 Å². The molecule has 3 rings (SSSR count). The number of aromatic amines is 1. The second-order valence-corrected chi connectivity index (χ2v) is 4.80. The third kappa shape index (κ3) is 2.48. The number of hydrazone groups is 1. The number of anilines is 1. The number of fused-ring (bicyclic) bond motifs is 1. The summed E-state index contributed by atoms with van der Waals surface area (Å²) in [6.45, 7) is 5.08. The monoisotopic (exact) mass is 296 g/mol. The van der Waals surface area contributed by atoms with Crippen LogP contribution in [0.4, 0.5) is 5.82 Å². The highest BCUT2D eigenvalue weighted by Crippen LogP contribution is 2.24. The first-order valence-electron chi connectivity index (χ1n) is 6.99. The number of hydrogen-bond acceptors (Lipinski definition) is 5. The SMILES string of the molecule is CCn1c(C)c(/C=N/Nc2cn[nH]c(=O)n2)c2ccccc21. The fourth-order valence-corrected chi connectivity index (χ4v) is 2.56. The van der Waals surface area contributed by atoms with Crippen LogP contribution >= 0.6 is 0 Å². The molecule has 0 saturated heterocycles. The number of benzene rings is 1. The van der Waals surface area contributed by atoms with Gasteiger partial charge in [-0.1, -0.05) is 18.2 Å². The minimum atomic E-state index is -0.515. The molecule has 2 heterocycles. The molecule has 0 aliphatic heterocycles. The molecule has 0 atom stereocenters. The number of hydrogen-bond donors (Lipinski definition) is 2. The Hall–Kier alpha value is -2.96. The van der Waals surface area contributed by atoms with Gasteiger partial charge in [-0.2, -0.15) is 15.2 Å². The second-order valence-electron chi connectivity index (χ2n) is 4.80. The summed E-state index contributed by atoms with van der Waals surface area (Å²) in [4.78, 5) is 14.8. The zero-order chi connectivity index (χ0) is 15.5. The van der Waals surface area contributed by atoms with E-state index in [4.69, 9.17) is 0 Å². The number of nitrogens with one attached hydrogen (secondary N) is 2. The first-order valence-corrected chi connectivity index (χ1v) is 6.99. The Morgan fingerprint density at radius 3 is 3.00 bits per heavy atom. The number of aryl methyl sites for hydroxylation is 1. The van der Waals surface area contributed by atoms with Gasteiger partial charge in [-0.15, -0.1) is 0 Å². The van der Waals surface area contributed by atoms with Crippen LogP contribution in [0.3, 0.4) is 0 Å². The molecule has 0 radical (unpaired) electrons. The molecule has 7 heteroatoms. The summed E-state index contributed by atoms with van der Waals surface area (Å²) in [5, 5.41) is 11.2. The molecule has 22 heavy (non-hydrogen) atoms. The Morgan fingerprint density at radius 1 is 1.41 bits per heavy atom. The van der Waals surface area contributed by atoms with Crippen molar-refractivity contribution in [2.75, 3.05) is 5.43 Å². The molecule has 2 aromatic heterocycles. The van der Waals surface area contributed by atoms with Crippen molar-refractivity contribution in [3.63, 3.8) is 0 Å². The first kappa shape index (κ1) is 14.0. The molecule has 0 amide bonds. The lowest BCUT2D eigenvalue weighted by molar-refractivity contribution is 0.769. The summed E-state index contributed by atoms with van der Waals surface area (Å²) < 4.78 is 2.24. The molecule has 112 valence electrons. The van der Waals surface area contributed by atoms with Crippen molar-refractivity contribution in [1.29, 1.82) is 0 Å². The van der Waals surface area contributed by atoms with Gasteiger partial charge in [0.1, 0.15) is 0 Å². The molecule has 2 N–H and O–H groups in total. The minimum absolute atomic E-state index is 0.303. The van der Waals surface area contributed by atoms with E-state index in [1.807, 2.05) is 12.1 Å². The van der Waals surface area contributed by atoms with E-state index in [0.29, 0.717) is 5.82 Å². The molecule has 0 unspecified atom stereocenters. The molecule has 3 aromatic rings. The van der Waals surface area contributed by atoms with Gasteiger partial charge in [0.2, 0.25) is 0 Å². The predicted octanol–water partition coefficient (Wildman–Crippen LogP) is 1.89. The smallest absolute Gasteiger partial charge is 0.344 e. The van der Waals surface area contributed by atoms with Crippen LogP contribution < -0.4 is 11.1 Å². The minimum Gasteiger partial charge on any atom is -0.344 e. The average Bonchev–Trinajstić information content (AvgIpc) is 2.79. The molecule has 0 bridgehead atoms. The van der Waals surface area contributed by atoms with E-state index in [1.165, 1.54) is 11.7 Å². The zero-order valence-corrected chi connectivity index (χ0v) is 12.4. The molecular formula is C15H16N6O. The van der Waals surface area contributed by atoms with Gasteiger partial charge in [-0.05, 0) is 19.9 Å². The Bertz CT molecular complexity index is 892. The molecule has 0 fully saturated rings. The number of rotatable bonds is 4. The van der Waals surface area contributed by atoms with Crippen LogP contribution in [0, 0.1) is 6.92 Å². The van der Waals surface area contributed by atoms with Crippen LogP contribution in [0.15, 0.2) is 40.4 Å². The quantitative estimate of drug-likeness (QED) is 0.568. The van der Waals surface area contributed by atoms with Crippen LogP contribution in [0.5, 0.6) is 0 Å². The van der Waals surface area contributed by atoms with Crippen molar-refractivity contribution in [2.45, 2.75) is 20.4 Å². The molecule has 0 aliphatic rings. The summed E-state index contributed by atoms with van der Waals surface area (Å²) in [6, 6.07) is 8.20. The van der Waals surface area contributed by atoms with Crippen molar-refractivity contribution >= 4 is 22.9 Å². The molecule has 7 nitrogen and oxygen atoms in total. The van der Waals surface area contributed by atoms with Crippen LogP contribution in [0.25, 0.3) is 10.9 Å². The summed E-state index contributed by atoms with van der Waals surface area (Å²) in [6.07, 6.45) is 3.15. The van der Waals surface area contributed by atoms with Gasteiger partial charge >= 0.3 is 5.69 Å². The van der Waals surface area contributed by atoms with Crippen molar-refractivity contribution in [2.24, 2.45) is 5.10 Å². The van der Waals surface area contributed by atoms with Crippen LogP contribution in [-0.2, 0) is 6.54 Å². The van der Waals surface area contributed by atoms with Crippen LogP contribution in [0.2, 0.25) is 0 Å². The number of aromatic nitrogens is 4. The third-order valence-electron chi connectivity index (χ3n) is 3.54. The van der Waals surface area contributed by atoms with E-state index in [-0.39, 0.29) is 0 Å². The second kappa shape index (κ2) is 5.80. The lowest BCUT2D eigenvalue weighted by atomic mass is 10.1. The molecule has 1 aromatic carbocycles. The lowest BCUT2D eigenvalue weighted by Crippen LogP contribution is -2.13. The van der Waals surface area contributed by atoms with Crippen molar-refractivity contribution in [1.82, 2.24) is 19.7 Å². The third-order valence-corrected chi connectivity index (χ3v) is 3.54. The van der Waals surface area contributed by atoms with Crippen LogP contribution in [0.1, 0.15) is 18.2 Å². The van der Waals surface area contributed by atoms with Gasteiger partial charge < -0.3 is 4.57 Å². The fourth-order valence-electron chi connectivity index (χ4n) is 2.56. The summed E-state index contributed by atoms with van der Waals surface area (Å²) in [7, 11) is 0. The summed E-state index contributed by atoms with van der Waals surface area (Å²) >= 11 is 0. The topological polar surface area (TPSA) is 88.0 Å². The van der Waals surface area contributed by atoms with Crippen LogP contribution in [-0.4, -0.2) is 26.0 Å². The molecule has 0 saturated carbocycles. The maximum absolute atomic E-state index is 11.1. The maximum Gasteiger partial charge on any atom is 0.363 e. The summed E-state index contributed by atoms with van der Waals surface area (Å²) in [5.74, 6) is 0.303. The molecular weight excluding hydrogens is 280 g/mol. The highest BCUT2D eigenvalue weighted by molar-refractivity contribution is 6.01. The van der Waals surface area contributed by atoms with Gasteiger partial charge in [0.05, 0.1) is 12.4 Å². The molecule has 0 aliphatic carbocycles. The lowest BCUT2D eigenvalue weighted by Gasteiger charge is -2.03. The number of nitrogens with zero attached hydrogens (tertiary/aromatic N) is 4. The number of para-hydroxylation sites is 1. The largest absolute Gasteiger partial charge is 0.363 e.